The van der Waals surface area contributed by atoms with Crippen LogP contribution in [-0.4, -0.2) is 22.8 Å². The molecular formula is C17H14Cl2N2O. The van der Waals surface area contributed by atoms with Gasteiger partial charge in [-0.15, -0.1) is 0 Å². The predicted octanol–water partition coefficient (Wildman–Crippen LogP) is 4.84. The van der Waals surface area contributed by atoms with Gasteiger partial charge in [0, 0.05) is 33.7 Å². The molecule has 0 atom stereocenters. The third-order valence-electron chi connectivity index (χ3n) is 3.42. The lowest BCUT2D eigenvalue weighted by Crippen LogP contribution is -1.90. The molecule has 3 nitrogen and oxygen atoms in total. The van der Waals surface area contributed by atoms with Crippen molar-refractivity contribution in [2.45, 2.75) is 6.42 Å². The Hall–Kier alpha value is -1.97. The van der Waals surface area contributed by atoms with Crippen LogP contribution in [0.15, 0.2) is 47.5 Å². The molecule has 0 aliphatic rings. The molecule has 2 N–H and O–H groups in total. The number of nitrogens with one attached hydrogen (secondary N) is 1. The molecule has 1 heterocycles. The highest BCUT2D eigenvalue weighted by Gasteiger charge is 2.08. The third-order valence-corrected chi connectivity index (χ3v) is 3.89. The van der Waals surface area contributed by atoms with Crippen molar-refractivity contribution in [2.24, 2.45) is 4.99 Å². The zero-order valence-electron chi connectivity index (χ0n) is 11.7. The smallest absolute Gasteiger partial charge is 0.198 e. The Labute approximate surface area is 138 Å². The quantitative estimate of drug-likeness (QED) is 0.659. The summed E-state index contributed by atoms with van der Waals surface area (Å²) in [7, 11) is 0. The van der Waals surface area contributed by atoms with Crippen molar-refractivity contribution in [3.8, 4) is 5.88 Å². The van der Waals surface area contributed by atoms with Crippen molar-refractivity contribution in [2.75, 3.05) is 6.54 Å². The molecular weight excluding hydrogens is 319 g/mol. The van der Waals surface area contributed by atoms with Gasteiger partial charge in [0.2, 0.25) is 0 Å². The van der Waals surface area contributed by atoms with E-state index >= 15 is 0 Å². The van der Waals surface area contributed by atoms with Gasteiger partial charge in [0.25, 0.3) is 0 Å². The summed E-state index contributed by atoms with van der Waals surface area (Å²) in [5, 5.41) is 12.2. The minimum atomic E-state index is 0.101. The molecule has 0 spiro atoms. The molecule has 0 saturated carbocycles. The molecule has 0 amide bonds. The number of aromatic nitrogens is 1. The molecule has 0 aliphatic carbocycles. The van der Waals surface area contributed by atoms with Crippen molar-refractivity contribution in [3.63, 3.8) is 0 Å². The lowest BCUT2D eigenvalue weighted by atomic mass is 10.1. The Morgan fingerprint density at radius 1 is 1.09 bits per heavy atom. The molecule has 0 bridgehead atoms. The van der Waals surface area contributed by atoms with Crippen LogP contribution in [0.1, 0.15) is 11.1 Å². The van der Waals surface area contributed by atoms with E-state index in [1.165, 1.54) is 0 Å². The van der Waals surface area contributed by atoms with Crippen molar-refractivity contribution in [3.05, 3.63) is 63.6 Å². The maximum atomic E-state index is 9.97. The van der Waals surface area contributed by atoms with Crippen LogP contribution in [0.25, 0.3) is 10.9 Å². The van der Waals surface area contributed by atoms with Crippen molar-refractivity contribution in [1.82, 2.24) is 4.98 Å². The number of rotatable bonds is 4. The number of nitrogens with zero attached hydrogens (tertiary/aromatic N) is 1. The number of hydrogen-bond acceptors (Lipinski definition) is 2. The number of fused-ring (bicyclic) bond motifs is 1. The van der Waals surface area contributed by atoms with Gasteiger partial charge in [0.05, 0.1) is 5.56 Å². The fourth-order valence-electron chi connectivity index (χ4n) is 2.34. The maximum absolute atomic E-state index is 9.97. The van der Waals surface area contributed by atoms with E-state index in [4.69, 9.17) is 23.2 Å². The summed E-state index contributed by atoms with van der Waals surface area (Å²) in [6.45, 7) is 0.618. The summed E-state index contributed by atoms with van der Waals surface area (Å²) in [6.07, 6.45) is 2.47. The minimum absolute atomic E-state index is 0.101. The molecule has 0 saturated heterocycles. The van der Waals surface area contributed by atoms with Gasteiger partial charge in [-0.1, -0.05) is 35.3 Å². The molecule has 22 heavy (non-hydrogen) atoms. The highest BCUT2D eigenvalue weighted by Crippen LogP contribution is 2.28. The second-order valence-corrected chi connectivity index (χ2v) is 5.87. The van der Waals surface area contributed by atoms with Gasteiger partial charge in [-0.25, -0.2) is 0 Å². The van der Waals surface area contributed by atoms with Crippen LogP contribution in [0, 0.1) is 0 Å². The summed E-state index contributed by atoms with van der Waals surface area (Å²) in [4.78, 5) is 7.30. The Morgan fingerprint density at radius 2 is 1.91 bits per heavy atom. The molecule has 0 radical (unpaired) electrons. The zero-order chi connectivity index (χ0) is 15.5. The third kappa shape index (κ3) is 3.26. The van der Waals surface area contributed by atoms with E-state index in [9.17, 15) is 5.11 Å². The normalized spacial score (nSPS) is 11.5. The molecule has 0 fully saturated rings. The van der Waals surface area contributed by atoms with E-state index in [2.05, 4.69) is 9.98 Å². The van der Waals surface area contributed by atoms with Crippen molar-refractivity contribution in [1.29, 1.82) is 0 Å². The molecule has 2 aromatic carbocycles. The highest BCUT2D eigenvalue weighted by atomic mass is 35.5. The summed E-state index contributed by atoms with van der Waals surface area (Å²) >= 11 is 12.0. The van der Waals surface area contributed by atoms with Gasteiger partial charge in [-0.3, -0.25) is 4.99 Å². The van der Waals surface area contributed by atoms with Crippen LogP contribution in [0.4, 0.5) is 0 Å². The van der Waals surface area contributed by atoms with Gasteiger partial charge in [-0.05, 0) is 42.3 Å². The lowest BCUT2D eigenvalue weighted by molar-refractivity contribution is 0.457. The number of aromatic hydroxyl groups is 1. The summed E-state index contributed by atoms with van der Waals surface area (Å²) in [6, 6.07) is 13.1. The van der Waals surface area contributed by atoms with E-state index in [0.29, 0.717) is 17.1 Å². The fourth-order valence-corrected chi connectivity index (χ4v) is 2.73. The number of benzene rings is 2. The first-order chi connectivity index (χ1) is 10.6. The van der Waals surface area contributed by atoms with Gasteiger partial charge >= 0.3 is 0 Å². The molecule has 112 valence electrons. The monoisotopic (exact) mass is 332 g/mol. The largest absolute Gasteiger partial charge is 0.494 e. The Morgan fingerprint density at radius 3 is 2.73 bits per heavy atom. The first-order valence-corrected chi connectivity index (χ1v) is 7.63. The fraction of sp³-hybridized carbons (Fsp3) is 0.118. The van der Waals surface area contributed by atoms with Gasteiger partial charge < -0.3 is 10.1 Å². The van der Waals surface area contributed by atoms with E-state index < -0.39 is 0 Å². The average molecular weight is 333 g/mol. The van der Waals surface area contributed by atoms with Crippen molar-refractivity contribution < 1.29 is 5.11 Å². The van der Waals surface area contributed by atoms with Crippen LogP contribution in [-0.2, 0) is 6.42 Å². The number of hydrogen-bond donors (Lipinski definition) is 2. The first kappa shape index (κ1) is 14.9. The maximum Gasteiger partial charge on any atom is 0.198 e. The first-order valence-electron chi connectivity index (χ1n) is 6.88. The number of aromatic amines is 1. The molecule has 3 aromatic rings. The number of halogens is 2. The number of aliphatic imine (C=N–C) groups is 1. The van der Waals surface area contributed by atoms with Crippen LogP contribution in [0.5, 0.6) is 5.88 Å². The van der Waals surface area contributed by atoms with E-state index in [0.717, 1.165) is 27.9 Å². The predicted molar refractivity (Wildman–Crippen MR) is 92.6 cm³/mol. The molecule has 0 unspecified atom stereocenters. The van der Waals surface area contributed by atoms with Crippen LogP contribution in [0.2, 0.25) is 10.0 Å². The highest BCUT2D eigenvalue weighted by molar-refractivity contribution is 6.31. The number of H-pyrrole nitrogens is 1. The summed E-state index contributed by atoms with van der Waals surface area (Å²) < 4.78 is 0. The Balaban J connectivity index is 1.75. The molecule has 3 rings (SSSR count). The Kier molecular flexibility index (Phi) is 4.36. The summed E-state index contributed by atoms with van der Waals surface area (Å²) in [5.74, 6) is 0.101. The Bertz CT molecular complexity index is 840. The van der Waals surface area contributed by atoms with Gasteiger partial charge in [0.15, 0.2) is 5.88 Å². The van der Waals surface area contributed by atoms with Crippen LogP contribution >= 0.6 is 23.2 Å². The topological polar surface area (TPSA) is 48.4 Å². The minimum Gasteiger partial charge on any atom is -0.494 e. The second-order valence-electron chi connectivity index (χ2n) is 4.99. The van der Waals surface area contributed by atoms with Gasteiger partial charge in [0.1, 0.15) is 0 Å². The molecule has 1 aromatic heterocycles. The van der Waals surface area contributed by atoms with Crippen molar-refractivity contribution >= 4 is 40.3 Å². The second kappa shape index (κ2) is 6.42. The van der Waals surface area contributed by atoms with E-state index in [1.807, 2.05) is 36.4 Å². The standard InChI is InChI=1S/C17H14Cl2N2O/c18-12-3-1-2-11(8-12)6-7-20-10-15-14-9-13(19)4-5-16(14)21-17(15)22/h1-5,8-10,21-22H,6-7H2. The summed E-state index contributed by atoms with van der Waals surface area (Å²) in [5.41, 5.74) is 2.62. The van der Waals surface area contributed by atoms with E-state index in [1.54, 1.807) is 12.3 Å². The van der Waals surface area contributed by atoms with Crippen LogP contribution < -0.4 is 0 Å². The lowest BCUT2D eigenvalue weighted by Gasteiger charge is -1.98. The molecule has 5 heteroatoms. The SMILES string of the molecule is Oc1[nH]c2ccc(Cl)cc2c1C=NCCc1cccc(Cl)c1. The van der Waals surface area contributed by atoms with Crippen LogP contribution in [0.3, 0.4) is 0 Å². The molecule has 0 aliphatic heterocycles. The van der Waals surface area contributed by atoms with E-state index in [-0.39, 0.29) is 5.88 Å². The zero-order valence-corrected chi connectivity index (χ0v) is 13.2. The van der Waals surface area contributed by atoms with Gasteiger partial charge in [-0.2, -0.15) is 0 Å². The average Bonchev–Trinajstić information content (AvgIpc) is 2.79.